The summed E-state index contributed by atoms with van der Waals surface area (Å²) in [6, 6.07) is 9.62. The van der Waals surface area contributed by atoms with Gasteiger partial charge in [-0.05, 0) is 5.56 Å². The van der Waals surface area contributed by atoms with E-state index < -0.39 is 29.4 Å². The molecule has 0 saturated carbocycles. The van der Waals surface area contributed by atoms with Gasteiger partial charge in [-0.25, -0.2) is 4.39 Å². The highest BCUT2D eigenvalue weighted by atomic mass is 79.9. The maximum absolute atomic E-state index is 13.8. The summed E-state index contributed by atoms with van der Waals surface area (Å²) < 4.78 is 29.7. The molecule has 0 aromatic heterocycles. The lowest BCUT2D eigenvalue weighted by molar-refractivity contribution is -0.153. The molecule has 1 aliphatic rings. The molecule has 2 rings (SSSR count). The lowest BCUT2D eigenvalue weighted by Gasteiger charge is -2.19. The summed E-state index contributed by atoms with van der Waals surface area (Å²) in [5.74, 6) is -0.532. The molecule has 4 nitrogen and oxygen atoms in total. The average molecular weight is 347 g/mol. The van der Waals surface area contributed by atoms with Gasteiger partial charge in [-0.1, -0.05) is 46.3 Å². The number of carbonyl (C=O) groups excluding carboxylic acids is 1. The molecule has 0 N–H and O–H groups in total. The van der Waals surface area contributed by atoms with Gasteiger partial charge in [0.1, 0.15) is 11.1 Å². The molecular weight excluding hydrogens is 331 g/mol. The predicted octanol–water partition coefficient (Wildman–Crippen LogP) is 2.59. The van der Waals surface area contributed by atoms with Gasteiger partial charge >= 0.3 is 5.97 Å². The summed E-state index contributed by atoms with van der Waals surface area (Å²) in [5.41, 5.74) is 1.02. The fraction of sp³-hybridized carbons (Fsp3) is 0.500. The highest BCUT2D eigenvalue weighted by Gasteiger charge is 2.46. The third-order valence-electron chi connectivity index (χ3n) is 2.93. The van der Waals surface area contributed by atoms with Crippen LogP contribution in [0.5, 0.6) is 0 Å². The molecular formula is C14H16BrFO4. The lowest BCUT2D eigenvalue weighted by atomic mass is 10.2. The Bertz CT molecular complexity index is 442. The molecule has 0 radical (unpaired) electrons. The van der Waals surface area contributed by atoms with Gasteiger partial charge in [-0.2, -0.15) is 0 Å². The standard InChI is InChI=1S/C14H16BrFO4/c1-9(17)19-13-11(20-14(15)12(13)16)8-18-7-10-5-3-2-4-6-10/h2-6,11-14H,7-8H2,1H3/t11-,12-,13-,14+/m1/s1. The van der Waals surface area contributed by atoms with Crippen molar-refractivity contribution in [3.63, 3.8) is 0 Å². The van der Waals surface area contributed by atoms with Crippen LogP contribution in [0.1, 0.15) is 12.5 Å². The topological polar surface area (TPSA) is 44.8 Å². The predicted molar refractivity (Wildman–Crippen MR) is 74.1 cm³/mol. The molecule has 1 aliphatic heterocycles. The van der Waals surface area contributed by atoms with Crippen LogP contribution in [-0.2, 0) is 25.6 Å². The number of alkyl halides is 2. The van der Waals surface area contributed by atoms with Crippen LogP contribution in [0.3, 0.4) is 0 Å². The van der Waals surface area contributed by atoms with Gasteiger partial charge in [0, 0.05) is 6.92 Å². The van der Waals surface area contributed by atoms with E-state index in [-0.39, 0.29) is 6.61 Å². The first-order chi connectivity index (χ1) is 9.58. The molecule has 0 amide bonds. The molecule has 20 heavy (non-hydrogen) atoms. The molecule has 1 aromatic carbocycles. The van der Waals surface area contributed by atoms with Crippen molar-refractivity contribution in [2.45, 2.75) is 36.9 Å². The van der Waals surface area contributed by atoms with E-state index in [9.17, 15) is 9.18 Å². The molecule has 4 atom stereocenters. The average Bonchev–Trinajstić information content (AvgIpc) is 2.67. The van der Waals surface area contributed by atoms with Crippen LogP contribution in [0.4, 0.5) is 4.39 Å². The van der Waals surface area contributed by atoms with E-state index in [1.165, 1.54) is 6.92 Å². The Morgan fingerprint density at radius 1 is 1.40 bits per heavy atom. The number of carbonyl (C=O) groups is 1. The van der Waals surface area contributed by atoms with E-state index in [1.807, 2.05) is 30.3 Å². The van der Waals surface area contributed by atoms with Crippen molar-refractivity contribution >= 4 is 21.9 Å². The number of rotatable bonds is 5. The van der Waals surface area contributed by atoms with Crippen molar-refractivity contribution in [2.75, 3.05) is 6.61 Å². The second-order valence-electron chi connectivity index (χ2n) is 4.54. The van der Waals surface area contributed by atoms with Crippen molar-refractivity contribution in [1.82, 2.24) is 0 Å². The Hall–Kier alpha value is -0.980. The normalized spacial score (nSPS) is 29.4. The van der Waals surface area contributed by atoms with Crippen molar-refractivity contribution < 1.29 is 23.4 Å². The maximum Gasteiger partial charge on any atom is 0.303 e. The van der Waals surface area contributed by atoms with Crippen LogP contribution in [0, 0.1) is 0 Å². The van der Waals surface area contributed by atoms with Gasteiger partial charge in [-0.3, -0.25) is 4.79 Å². The van der Waals surface area contributed by atoms with E-state index in [0.717, 1.165) is 5.56 Å². The first kappa shape index (κ1) is 15.4. The number of benzene rings is 1. The van der Waals surface area contributed by atoms with E-state index in [2.05, 4.69) is 15.9 Å². The van der Waals surface area contributed by atoms with E-state index in [0.29, 0.717) is 6.61 Å². The Labute approximate surface area is 125 Å². The number of halogens is 2. The Kier molecular flexibility index (Phi) is 5.51. The molecule has 0 unspecified atom stereocenters. The van der Waals surface area contributed by atoms with Gasteiger partial charge in [0.15, 0.2) is 12.3 Å². The SMILES string of the molecule is CC(=O)O[C@H]1[C@@H](F)[C@@H](Br)O[C@@H]1COCc1ccccc1. The third kappa shape index (κ3) is 4.01. The van der Waals surface area contributed by atoms with Crippen molar-refractivity contribution in [1.29, 1.82) is 0 Å². The minimum Gasteiger partial charge on any atom is -0.456 e. The van der Waals surface area contributed by atoms with Crippen molar-refractivity contribution in [3.05, 3.63) is 35.9 Å². The zero-order chi connectivity index (χ0) is 14.5. The molecule has 1 heterocycles. The summed E-state index contributed by atoms with van der Waals surface area (Å²) in [4.78, 5) is 11.0. The van der Waals surface area contributed by atoms with Gasteiger partial charge in [0.2, 0.25) is 0 Å². The van der Waals surface area contributed by atoms with Crippen LogP contribution in [-0.4, -0.2) is 36.0 Å². The smallest absolute Gasteiger partial charge is 0.303 e. The zero-order valence-electron chi connectivity index (χ0n) is 11.0. The van der Waals surface area contributed by atoms with Gasteiger partial charge in [-0.15, -0.1) is 0 Å². The van der Waals surface area contributed by atoms with Crippen LogP contribution < -0.4 is 0 Å². The summed E-state index contributed by atoms with van der Waals surface area (Å²) in [6.45, 7) is 1.81. The van der Waals surface area contributed by atoms with Crippen LogP contribution in [0.25, 0.3) is 0 Å². The molecule has 0 bridgehead atoms. The van der Waals surface area contributed by atoms with E-state index >= 15 is 0 Å². The zero-order valence-corrected chi connectivity index (χ0v) is 12.6. The second-order valence-corrected chi connectivity index (χ2v) is 5.45. The molecule has 0 aliphatic carbocycles. The molecule has 0 spiro atoms. The van der Waals surface area contributed by atoms with Crippen molar-refractivity contribution in [3.8, 4) is 0 Å². The number of ether oxygens (including phenoxy) is 3. The van der Waals surface area contributed by atoms with Crippen molar-refractivity contribution in [2.24, 2.45) is 0 Å². The minimum atomic E-state index is -1.40. The van der Waals surface area contributed by atoms with Crippen LogP contribution >= 0.6 is 15.9 Å². The lowest BCUT2D eigenvalue weighted by Crippen LogP contribution is -2.35. The minimum absolute atomic E-state index is 0.162. The maximum atomic E-state index is 13.8. The fourth-order valence-corrected chi connectivity index (χ4v) is 2.59. The summed E-state index contributed by atoms with van der Waals surface area (Å²) >= 11 is 3.07. The molecule has 1 fully saturated rings. The number of esters is 1. The van der Waals surface area contributed by atoms with Gasteiger partial charge < -0.3 is 14.2 Å². The fourth-order valence-electron chi connectivity index (χ4n) is 2.01. The Morgan fingerprint density at radius 2 is 2.10 bits per heavy atom. The number of hydrogen-bond donors (Lipinski definition) is 0. The molecule has 6 heteroatoms. The highest BCUT2D eigenvalue weighted by molar-refractivity contribution is 9.09. The van der Waals surface area contributed by atoms with E-state index in [1.54, 1.807) is 0 Å². The molecule has 110 valence electrons. The number of hydrogen-bond acceptors (Lipinski definition) is 4. The monoisotopic (exact) mass is 346 g/mol. The Balaban J connectivity index is 1.85. The van der Waals surface area contributed by atoms with Gasteiger partial charge in [0.05, 0.1) is 13.2 Å². The van der Waals surface area contributed by atoms with Gasteiger partial charge in [0.25, 0.3) is 0 Å². The summed E-state index contributed by atoms with van der Waals surface area (Å²) in [5, 5.41) is -0.780. The quantitative estimate of drug-likeness (QED) is 0.607. The molecule has 1 aromatic rings. The van der Waals surface area contributed by atoms with E-state index in [4.69, 9.17) is 14.2 Å². The third-order valence-corrected chi connectivity index (χ3v) is 3.65. The highest BCUT2D eigenvalue weighted by Crippen LogP contribution is 2.30. The molecule has 1 saturated heterocycles. The van der Waals surface area contributed by atoms with Crippen LogP contribution in [0.15, 0.2) is 30.3 Å². The first-order valence-electron chi connectivity index (χ1n) is 6.30. The second kappa shape index (κ2) is 7.15. The largest absolute Gasteiger partial charge is 0.456 e. The summed E-state index contributed by atoms with van der Waals surface area (Å²) in [6.07, 6.45) is -2.95. The summed E-state index contributed by atoms with van der Waals surface area (Å²) in [7, 11) is 0. The van der Waals surface area contributed by atoms with Crippen LogP contribution in [0.2, 0.25) is 0 Å². The Morgan fingerprint density at radius 3 is 2.75 bits per heavy atom. The first-order valence-corrected chi connectivity index (χ1v) is 7.22.